The molecule has 2 heterocycles. The van der Waals surface area contributed by atoms with Crippen molar-refractivity contribution in [3.63, 3.8) is 0 Å². The molecule has 0 spiro atoms. The number of ketones is 1. The van der Waals surface area contributed by atoms with Gasteiger partial charge in [0.1, 0.15) is 5.78 Å². The molecule has 0 bridgehead atoms. The number of carbonyl (C=O) groups is 1. The summed E-state index contributed by atoms with van der Waals surface area (Å²) in [5.74, 6) is 0.502. The van der Waals surface area contributed by atoms with Crippen molar-refractivity contribution in [2.24, 2.45) is 13.0 Å². The topological polar surface area (TPSA) is 89.8 Å². The van der Waals surface area contributed by atoms with Crippen molar-refractivity contribution in [1.29, 1.82) is 0 Å². The van der Waals surface area contributed by atoms with Gasteiger partial charge >= 0.3 is 5.69 Å². The maximum atomic E-state index is 12.2. The summed E-state index contributed by atoms with van der Waals surface area (Å²) in [4.78, 5) is 42.3. The number of thioether (sulfide) groups is 1. The minimum Gasteiger partial charge on any atom is -0.313 e. The summed E-state index contributed by atoms with van der Waals surface area (Å²) in [5, 5.41) is 0.329. The first-order valence-corrected chi connectivity index (χ1v) is 8.47. The van der Waals surface area contributed by atoms with Crippen molar-refractivity contribution >= 4 is 28.7 Å². The normalized spacial score (nSPS) is 13.0. The van der Waals surface area contributed by atoms with Crippen molar-refractivity contribution in [2.45, 2.75) is 51.1 Å². The lowest BCUT2D eigenvalue weighted by atomic mass is 10.1. The Morgan fingerprint density at radius 3 is 2.52 bits per heavy atom. The van der Waals surface area contributed by atoms with Crippen LogP contribution in [0.25, 0.3) is 11.2 Å². The first-order chi connectivity index (χ1) is 10.7. The molecule has 126 valence electrons. The predicted octanol–water partition coefficient (Wildman–Crippen LogP) is 1.54. The van der Waals surface area contributed by atoms with Crippen LogP contribution in [0.2, 0.25) is 0 Å². The van der Waals surface area contributed by atoms with Crippen LogP contribution in [0.15, 0.2) is 14.7 Å². The average molecular weight is 338 g/mol. The van der Waals surface area contributed by atoms with Crippen molar-refractivity contribution in [2.75, 3.05) is 0 Å². The number of aromatic amines is 1. The number of H-pyrrole nitrogens is 1. The Morgan fingerprint density at radius 2 is 1.96 bits per heavy atom. The van der Waals surface area contributed by atoms with Crippen LogP contribution in [-0.4, -0.2) is 30.1 Å². The SMILES string of the molecule is CC(=O)C(C)Sc1nc2c(c(=O)[nH]c(=O)n2C)n1CCC(C)C. The van der Waals surface area contributed by atoms with Gasteiger partial charge < -0.3 is 4.57 Å². The fraction of sp³-hybridized carbons (Fsp3) is 0.600. The highest BCUT2D eigenvalue weighted by Gasteiger charge is 2.20. The Kier molecular flexibility index (Phi) is 5.13. The molecule has 0 aliphatic heterocycles. The minimum atomic E-state index is -0.493. The summed E-state index contributed by atoms with van der Waals surface area (Å²) in [7, 11) is 1.57. The molecule has 1 unspecified atom stereocenters. The minimum absolute atomic E-state index is 0.0419. The highest BCUT2D eigenvalue weighted by atomic mass is 32.2. The number of imidazole rings is 1. The van der Waals surface area contributed by atoms with E-state index in [1.165, 1.54) is 23.3 Å². The van der Waals surface area contributed by atoms with Gasteiger partial charge in [-0.05, 0) is 26.2 Å². The molecule has 0 saturated carbocycles. The molecule has 8 heteroatoms. The molecule has 0 amide bonds. The molecule has 0 fully saturated rings. The zero-order valence-electron chi connectivity index (χ0n) is 14.0. The number of Topliss-reactive ketones (excluding diaryl/α,β-unsaturated/α-hetero) is 1. The second kappa shape index (κ2) is 6.74. The number of aryl methyl sites for hydroxylation is 2. The first kappa shape index (κ1) is 17.5. The van der Waals surface area contributed by atoms with E-state index in [1.807, 2.05) is 11.5 Å². The molecule has 7 nitrogen and oxygen atoms in total. The van der Waals surface area contributed by atoms with E-state index in [0.29, 0.717) is 28.8 Å². The van der Waals surface area contributed by atoms with Crippen LogP contribution in [0, 0.1) is 5.92 Å². The maximum Gasteiger partial charge on any atom is 0.329 e. The summed E-state index contributed by atoms with van der Waals surface area (Å²) in [6.45, 7) is 8.15. The number of nitrogens with zero attached hydrogens (tertiary/aromatic N) is 3. The molecule has 0 aliphatic rings. The van der Waals surface area contributed by atoms with Gasteiger partial charge in [0.25, 0.3) is 5.56 Å². The van der Waals surface area contributed by atoms with E-state index in [4.69, 9.17) is 0 Å². The molecule has 23 heavy (non-hydrogen) atoms. The Labute approximate surface area is 138 Å². The number of fused-ring (bicyclic) bond motifs is 1. The van der Waals surface area contributed by atoms with Crippen LogP contribution in [-0.2, 0) is 18.4 Å². The second-order valence-corrected chi connectivity index (χ2v) is 7.40. The molecular weight excluding hydrogens is 316 g/mol. The molecule has 0 aliphatic carbocycles. The van der Waals surface area contributed by atoms with E-state index in [2.05, 4.69) is 23.8 Å². The zero-order chi connectivity index (χ0) is 17.3. The Morgan fingerprint density at radius 1 is 1.30 bits per heavy atom. The van der Waals surface area contributed by atoms with E-state index < -0.39 is 11.2 Å². The number of rotatable bonds is 6. The van der Waals surface area contributed by atoms with E-state index in [9.17, 15) is 14.4 Å². The Hall–Kier alpha value is -1.83. The third kappa shape index (κ3) is 3.57. The molecule has 0 saturated heterocycles. The molecule has 0 aromatic carbocycles. The van der Waals surface area contributed by atoms with Gasteiger partial charge in [-0.15, -0.1) is 0 Å². The van der Waals surface area contributed by atoms with Crippen molar-refractivity contribution in [3.8, 4) is 0 Å². The van der Waals surface area contributed by atoms with Gasteiger partial charge in [-0.2, -0.15) is 0 Å². The van der Waals surface area contributed by atoms with E-state index in [1.54, 1.807) is 7.05 Å². The molecule has 2 rings (SSSR count). The Bertz CT molecular complexity index is 847. The van der Waals surface area contributed by atoms with Gasteiger partial charge in [0.15, 0.2) is 16.3 Å². The standard InChI is InChI=1S/C15H22N4O3S/c1-8(2)6-7-19-11-12(18(5)14(22)17-13(11)21)16-15(19)23-10(4)9(3)20/h8,10H,6-7H2,1-5H3,(H,17,21,22). The average Bonchev–Trinajstić information content (AvgIpc) is 2.81. The summed E-state index contributed by atoms with van der Waals surface area (Å²) < 4.78 is 3.14. The summed E-state index contributed by atoms with van der Waals surface area (Å²) >= 11 is 1.31. The van der Waals surface area contributed by atoms with Gasteiger partial charge in [0.2, 0.25) is 0 Å². The molecule has 2 aromatic rings. The van der Waals surface area contributed by atoms with Crippen LogP contribution in [0.4, 0.5) is 0 Å². The number of hydrogen-bond donors (Lipinski definition) is 1. The monoisotopic (exact) mass is 338 g/mol. The maximum absolute atomic E-state index is 12.2. The lowest BCUT2D eigenvalue weighted by molar-refractivity contribution is -0.116. The van der Waals surface area contributed by atoms with Crippen LogP contribution in [0.1, 0.15) is 34.1 Å². The van der Waals surface area contributed by atoms with Crippen molar-refractivity contribution in [3.05, 3.63) is 20.8 Å². The lowest BCUT2D eigenvalue weighted by Gasteiger charge is -2.12. The van der Waals surface area contributed by atoms with Gasteiger partial charge in [-0.1, -0.05) is 25.6 Å². The fourth-order valence-corrected chi connectivity index (χ4v) is 3.07. The number of hydrogen-bond acceptors (Lipinski definition) is 5. The fourth-order valence-electron chi connectivity index (χ4n) is 2.14. The number of nitrogens with one attached hydrogen (secondary N) is 1. The number of carbonyl (C=O) groups excluding carboxylic acids is 1. The van der Waals surface area contributed by atoms with Crippen LogP contribution in [0.3, 0.4) is 0 Å². The molecule has 0 radical (unpaired) electrons. The third-order valence-electron chi connectivity index (χ3n) is 3.76. The van der Waals surface area contributed by atoms with E-state index in [0.717, 1.165) is 6.42 Å². The highest BCUT2D eigenvalue weighted by molar-refractivity contribution is 8.00. The van der Waals surface area contributed by atoms with Crippen LogP contribution < -0.4 is 11.2 Å². The second-order valence-electron chi connectivity index (χ2n) is 6.09. The van der Waals surface area contributed by atoms with Gasteiger partial charge in [0, 0.05) is 13.6 Å². The lowest BCUT2D eigenvalue weighted by Crippen LogP contribution is -2.29. The smallest absolute Gasteiger partial charge is 0.313 e. The van der Waals surface area contributed by atoms with E-state index in [-0.39, 0.29) is 11.0 Å². The molecule has 1 atom stereocenters. The summed E-state index contributed by atoms with van der Waals surface area (Å²) in [5.41, 5.74) is -0.208. The van der Waals surface area contributed by atoms with Crippen LogP contribution >= 0.6 is 11.8 Å². The number of aromatic nitrogens is 4. The Balaban J connectivity index is 2.64. The van der Waals surface area contributed by atoms with Crippen LogP contribution in [0.5, 0.6) is 0 Å². The molecule has 1 N–H and O–H groups in total. The quantitative estimate of drug-likeness (QED) is 0.807. The summed E-state index contributed by atoms with van der Waals surface area (Å²) in [6, 6.07) is 0. The zero-order valence-corrected chi connectivity index (χ0v) is 14.9. The predicted molar refractivity (Wildman–Crippen MR) is 91.0 cm³/mol. The van der Waals surface area contributed by atoms with Gasteiger partial charge in [0.05, 0.1) is 5.25 Å². The largest absolute Gasteiger partial charge is 0.329 e. The van der Waals surface area contributed by atoms with Crippen molar-refractivity contribution < 1.29 is 4.79 Å². The van der Waals surface area contributed by atoms with E-state index >= 15 is 0 Å². The van der Waals surface area contributed by atoms with Crippen molar-refractivity contribution in [1.82, 2.24) is 19.1 Å². The molecular formula is C15H22N4O3S. The summed E-state index contributed by atoms with van der Waals surface area (Å²) in [6.07, 6.45) is 0.871. The van der Waals surface area contributed by atoms with Gasteiger partial charge in [-0.3, -0.25) is 19.1 Å². The molecule has 2 aromatic heterocycles. The van der Waals surface area contributed by atoms with Gasteiger partial charge in [-0.25, -0.2) is 9.78 Å². The first-order valence-electron chi connectivity index (χ1n) is 7.59. The third-order valence-corrected chi connectivity index (χ3v) is 4.96. The highest BCUT2D eigenvalue weighted by Crippen LogP contribution is 2.26.